The number of hydrogen-bond donors (Lipinski definition) is 1. The first-order valence-electron chi connectivity index (χ1n) is 12.3. The van der Waals surface area contributed by atoms with Gasteiger partial charge in [-0.05, 0) is 70.7 Å². The number of carbonyl (C=O) groups excluding carboxylic acids is 3. The van der Waals surface area contributed by atoms with Crippen molar-refractivity contribution < 1.29 is 33.8 Å². The molecule has 2 rings (SSSR count). The number of pyridine rings is 1. The highest BCUT2D eigenvalue weighted by molar-refractivity contribution is 6.80. The molecule has 0 radical (unpaired) electrons. The first-order valence-corrected chi connectivity index (χ1v) is 15.3. The zero-order chi connectivity index (χ0) is 28.7. The molecule has 0 aliphatic carbocycles. The maximum atomic E-state index is 13.2. The number of carbonyl (C=O) groups is 4. The monoisotopic (exact) mass is 535 g/mol. The summed E-state index contributed by atoms with van der Waals surface area (Å²) in [6, 6.07) is 2.17. The van der Waals surface area contributed by atoms with E-state index in [9.17, 15) is 24.3 Å². The number of carboxylic acid groups (broad SMARTS) is 1. The number of imide groups is 1. The van der Waals surface area contributed by atoms with Gasteiger partial charge in [0.25, 0.3) is 0 Å². The smallest absolute Gasteiger partial charge is 0.425 e. The van der Waals surface area contributed by atoms with E-state index in [1.54, 1.807) is 52.2 Å². The van der Waals surface area contributed by atoms with Crippen LogP contribution >= 0.6 is 0 Å². The number of amides is 3. The van der Waals surface area contributed by atoms with Crippen LogP contribution in [0, 0.1) is 5.92 Å². The van der Waals surface area contributed by atoms with E-state index in [-0.39, 0.29) is 23.2 Å². The van der Waals surface area contributed by atoms with Crippen LogP contribution in [0.3, 0.4) is 0 Å². The topological polar surface area (TPSA) is 126 Å². The fourth-order valence-electron chi connectivity index (χ4n) is 3.86. The molecule has 1 aliphatic rings. The fourth-order valence-corrected chi connectivity index (χ4v) is 6.28. The van der Waals surface area contributed by atoms with Gasteiger partial charge < -0.3 is 19.1 Å². The molecule has 1 saturated heterocycles. The summed E-state index contributed by atoms with van der Waals surface area (Å²) in [7, 11) is -2.41. The number of nitrogens with zero attached hydrogens (tertiary/aromatic N) is 3. The Morgan fingerprint density at radius 2 is 1.49 bits per heavy atom. The predicted octanol–water partition coefficient (Wildman–Crippen LogP) is 5.22. The van der Waals surface area contributed by atoms with Crippen LogP contribution in [0.4, 0.5) is 15.4 Å². The Morgan fingerprint density at radius 3 is 1.89 bits per heavy atom. The third kappa shape index (κ3) is 6.88. The molecule has 11 heteroatoms. The Bertz CT molecular complexity index is 1040. The summed E-state index contributed by atoms with van der Waals surface area (Å²) in [5.74, 6) is -2.05. The Morgan fingerprint density at radius 1 is 1.00 bits per heavy atom. The Kier molecular flexibility index (Phi) is 8.24. The predicted molar refractivity (Wildman–Crippen MR) is 142 cm³/mol. The van der Waals surface area contributed by atoms with E-state index >= 15 is 0 Å². The van der Waals surface area contributed by atoms with Gasteiger partial charge in [0.15, 0.2) is 8.24 Å². The summed E-state index contributed by atoms with van der Waals surface area (Å²) < 4.78 is 12.4. The molecule has 0 saturated carbocycles. The van der Waals surface area contributed by atoms with E-state index in [0.29, 0.717) is 10.5 Å². The molecule has 10 nitrogen and oxygen atoms in total. The lowest BCUT2D eigenvalue weighted by atomic mass is 9.85. The molecule has 0 aromatic carbocycles. The largest absolute Gasteiger partial charge is 0.480 e. The minimum Gasteiger partial charge on any atom is -0.480 e. The summed E-state index contributed by atoms with van der Waals surface area (Å²) in [6.07, 6.45) is -0.401. The van der Waals surface area contributed by atoms with Crippen LogP contribution in [0.1, 0.15) is 67.9 Å². The lowest BCUT2D eigenvalue weighted by molar-refractivity contribution is -0.163. The second-order valence-corrected chi connectivity index (χ2v) is 18.0. The van der Waals surface area contributed by atoms with Crippen molar-refractivity contribution in [2.24, 2.45) is 5.92 Å². The molecule has 1 aromatic heterocycles. The van der Waals surface area contributed by atoms with Crippen molar-refractivity contribution in [1.29, 1.82) is 0 Å². The van der Waals surface area contributed by atoms with Crippen molar-refractivity contribution in [3.05, 3.63) is 23.9 Å². The normalized spacial score (nSPS) is 18.7. The van der Waals surface area contributed by atoms with Crippen molar-refractivity contribution in [3.8, 4) is 0 Å². The zero-order valence-electron chi connectivity index (χ0n) is 23.8. The fraction of sp³-hybridized carbons (Fsp3) is 0.654. The summed E-state index contributed by atoms with van der Waals surface area (Å²) >= 11 is 0. The van der Waals surface area contributed by atoms with Crippen LogP contribution in [-0.4, -0.2) is 64.2 Å². The average Bonchev–Trinajstić information content (AvgIpc) is 2.66. The Labute approximate surface area is 220 Å². The number of anilines is 1. The lowest BCUT2D eigenvalue weighted by Crippen LogP contribution is -2.75. The maximum absolute atomic E-state index is 13.2. The number of rotatable bonds is 5. The number of carboxylic acids is 1. The van der Waals surface area contributed by atoms with E-state index in [1.807, 2.05) is 33.9 Å². The molecule has 1 aromatic rings. The minimum atomic E-state index is -2.41. The summed E-state index contributed by atoms with van der Waals surface area (Å²) in [5.41, 5.74) is -1.20. The van der Waals surface area contributed by atoms with Crippen LogP contribution < -0.4 is 4.90 Å². The minimum absolute atomic E-state index is 0.0408. The highest BCUT2D eigenvalue weighted by Gasteiger charge is 2.59. The first-order chi connectivity index (χ1) is 16.6. The number of hydrogen-bond acceptors (Lipinski definition) is 7. The van der Waals surface area contributed by atoms with Gasteiger partial charge in [0.05, 0.1) is 5.92 Å². The molecule has 3 amide bonds. The summed E-state index contributed by atoms with van der Waals surface area (Å²) in [5, 5.41) is 9.77. The lowest BCUT2D eigenvalue weighted by Gasteiger charge is -2.56. The van der Waals surface area contributed by atoms with Crippen LogP contribution in [0.2, 0.25) is 18.1 Å². The molecule has 1 unspecified atom stereocenters. The van der Waals surface area contributed by atoms with Crippen LogP contribution in [-0.2, 0) is 25.5 Å². The van der Waals surface area contributed by atoms with Gasteiger partial charge in [0.1, 0.15) is 23.1 Å². The van der Waals surface area contributed by atoms with Gasteiger partial charge in [0, 0.05) is 6.20 Å². The summed E-state index contributed by atoms with van der Waals surface area (Å²) in [6.45, 7) is 20.1. The highest BCUT2D eigenvalue weighted by atomic mass is 28.3. The molecule has 0 spiro atoms. The SMILES string of the molecule is CC(C)(C)OC(=O)N(C(=O)OC(C)(C)C)c1cc(CC2C(=O)N([Si](C)(C)C(C)(C)C)[C@@H]2C(=O)O)ccn1. The van der Waals surface area contributed by atoms with Gasteiger partial charge in [-0.2, -0.15) is 4.90 Å². The zero-order valence-corrected chi connectivity index (χ0v) is 24.8. The number of aliphatic carboxylic acids is 1. The van der Waals surface area contributed by atoms with Crippen LogP contribution in [0.25, 0.3) is 0 Å². The molecule has 37 heavy (non-hydrogen) atoms. The van der Waals surface area contributed by atoms with Crippen LogP contribution in [0.15, 0.2) is 18.3 Å². The van der Waals surface area contributed by atoms with Crippen molar-refractivity contribution in [1.82, 2.24) is 9.55 Å². The van der Waals surface area contributed by atoms with Gasteiger partial charge in [-0.1, -0.05) is 33.9 Å². The second-order valence-electron chi connectivity index (χ2n) is 12.9. The van der Waals surface area contributed by atoms with Crippen molar-refractivity contribution in [3.63, 3.8) is 0 Å². The Balaban J connectivity index is 2.40. The molecule has 0 bridgehead atoms. The molecule has 2 heterocycles. The maximum Gasteiger partial charge on any atom is 0.425 e. The molecular weight excluding hydrogens is 494 g/mol. The molecular formula is C26H41N3O7Si. The van der Waals surface area contributed by atoms with E-state index in [0.717, 1.165) is 0 Å². The van der Waals surface area contributed by atoms with E-state index in [4.69, 9.17) is 9.47 Å². The van der Waals surface area contributed by atoms with Gasteiger partial charge in [-0.3, -0.25) is 4.79 Å². The van der Waals surface area contributed by atoms with Crippen molar-refractivity contribution in [2.45, 2.75) is 104 Å². The Hall–Kier alpha value is -2.95. The van der Waals surface area contributed by atoms with Gasteiger partial charge in [0.2, 0.25) is 5.91 Å². The standard InChI is InChI=1S/C26H41N3O7Si/c1-24(2,3)35-22(33)28(23(34)36-25(4,5)6)18-15-16(12-13-27-18)14-17-19(21(31)32)29(20(17)30)37(10,11)26(7,8)9/h12-13,15,17,19H,14H2,1-11H3,(H,31,32)/t17?,19-/m0/s1. The van der Waals surface area contributed by atoms with E-state index in [2.05, 4.69) is 4.98 Å². The average molecular weight is 536 g/mol. The number of ether oxygens (including phenoxy) is 2. The van der Waals surface area contributed by atoms with Gasteiger partial charge in [-0.25, -0.2) is 19.4 Å². The van der Waals surface area contributed by atoms with Crippen LogP contribution in [0.5, 0.6) is 0 Å². The number of aromatic nitrogens is 1. The second kappa shape index (κ2) is 10.1. The molecule has 1 N–H and O–H groups in total. The number of β-lactam (4-membered cyclic amide) rings is 1. The molecule has 1 fully saturated rings. The molecule has 2 atom stereocenters. The highest BCUT2D eigenvalue weighted by Crippen LogP contribution is 2.45. The third-order valence-corrected chi connectivity index (χ3v) is 11.9. The van der Waals surface area contributed by atoms with Gasteiger partial charge in [-0.15, -0.1) is 0 Å². The van der Waals surface area contributed by atoms with Crippen molar-refractivity contribution in [2.75, 3.05) is 4.90 Å². The van der Waals surface area contributed by atoms with Gasteiger partial charge >= 0.3 is 18.2 Å². The van der Waals surface area contributed by atoms with E-state index < -0.39 is 49.6 Å². The third-order valence-electron chi connectivity index (χ3n) is 6.55. The summed E-state index contributed by atoms with van der Waals surface area (Å²) in [4.78, 5) is 56.3. The van der Waals surface area contributed by atoms with Crippen molar-refractivity contribution >= 4 is 38.1 Å². The first kappa shape index (κ1) is 30.3. The molecule has 1 aliphatic heterocycles. The quantitative estimate of drug-likeness (QED) is 0.402. The molecule has 206 valence electrons. The van der Waals surface area contributed by atoms with E-state index in [1.165, 1.54) is 12.3 Å².